The van der Waals surface area contributed by atoms with Gasteiger partial charge in [0.2, 0.25) is 0 Å². The van der Waals surface area contributed by atoms with Gasteiger partial charge in [-0.05, 0) is 63.3 Å². The SMILES string of the molecule is CCCOc1cccc([C@H]2/C(=C(/O)c3ccncc3)C(=O)C(=O)N2CCCN(C)C)c1. The molecule has 0 spiro atoms. The summed E-state index contributed by atoms with van der Waals surface area (Å²) in [5.41, 5.74) is 1.27. The van der Waals surface area contributed by atoms with Crippen molar-refractivity contribution in [3.63, 3.8) is 0 Å². The Morgan fingerprint density at radius 3 is 2.61 bits per heavy atom. The van der Waals surface area contributed by atoms with Crippen LogP contribution < -0.4 is 4.74 Å². The van der Waals surface area contributed by atoms with Gasteiger partial charge in [0.15, 0.2) is 0 Å². The van der Waals surface area contributed by atoms with Gasteiger partial charge >= 0.3 is 0 Å². The Kier molecular flexibility index (Phi) is 7.41. The number of amides is 1. The number of ether oxygens (including phenoxy) is 1. The fraction of sp³-hybridized carbons (Fsp3) is 0.375. The van der Waals surface area contributed by atoms with Gasteiger partial charge in [0, 0.05) is 24.5 Å². The van der Waals surface area contributed by atoms with Gasteiger partial charge in [0.1, 0.15) is 11.5 Å². The van der Waals surface area contributed by atoms with Gasteiger partial charge in [-0.15, -0.1) is 0 Å². The number of Topliss-reactive ketones (excluding diaryl/α,β-unsaturated/α-hetero) is 1. The fourth-order valence-corrected chi connectivity index (χ4v) is 3.67. The number of hydrogen-bond acceptors (Lipinski definition) is 6. The predicted octanol–water partition coefficient (Wildman–Crippen LogP) is 3.24. The average molecular weight is 424 g/mol. The zero-order chi connectivity index (χ0) is 22.4. The van der Waals surface area contributed by atoms with E-state index in [1.807, 2.05) is 50.2 Å². The minimum atomic E-state index is -0.680. The van der Waals surface area contributed by atoms with E-state index in [1.165, 1.54) is 12.4 Å². The number of aliphatic hydroxyl groups excluding tert-OH is 1. The molecule has 1 fully saturated rings. The Labute approximate surface area is 183 Å². The summed E-state index contributed by atoms with van der Waals surface area (Å²) in [6, 6.07) is 9.94. The topological polar surface area (TPSA) is 83.0 Å². The smallest absolute Gasteiger partial charge is 0.295 e. The van der Waals surface area contributed by atoms with Crippen LogP contribution in [0, 0.1) is 0 Å². The molecule has 1 aliphatic rings. The first-order chi connectivity index (χ1) is 14.9. The normalized spacial score (nSPS) is 18.1. The molecule has 0 bridgehead atoms. The number of ketones is 1. The number of carbonyl (C=O) groups is 2. The summed E-state index contributed by atoms with van der Waals surface area (Å²) >= 11 is 0. The molecule has 1 aromatic heterocycles. The van der Waals surface area contributed by atoms with Crippen molar-refractivity contribution < 1.29 is 19.4 Å². The molecule has 1 aliphatic heterocycles. The molecule has 3 rings (SSSR count). The lowest BCUT2D eigenvalue weighted by Crippen LogP contribution is -2.32. The molecule has 164 valence electrons. The maximum atomic E-state index is 13.0. The molecular weight excluding hydrogens is 394 g/mol. The van der Waals surface area contributed by atoms with E-state index in [9.17, 15) is 14.7 Å². The minimum absolute atomic E-state index is 0.0914. The molecule has 0 aliphatic carbocycles. The number of hydrogen-bond donors (Lipinski definition) is 1. The van der Waals surface area contributed by atoms with Gasteiger partial charge < -0.3 is 19.6 Å². The van der Waals surface area contributed by atoms with E-state index in [-0.39, 0.29) is 11.3 Å². The lowest BCUT2D eigenvalue weighted by atomic mass is 9.95. The molecule has 1 saturated heterocycles. The standard InChI is InChI=1S/C24H29N3O4/c1-4-15-31-19-8-5-7-18(16-19)21-20(22(28)17-9-11-25-12-10-17)23(29)24(30)27(21)14-6-13-26(2)3/h5,7-12,16,21,28H,4,6,13-15H2,1-3H3/b22-20-/t21-/m0/s1. The van der Waals surface area contributed by atoms with Crippen molar-refractivity contribution in [1.82, 2.24) is 14.8 Å². The number of aromatic nitrogens is 1. The van der Waals surface area contributed by atoms with E-state index in [0.717, 1.165) is 18.5 Å². The van der Waals surface area contributed by atoms with Crippen LogP contribution in [0.15, 0.2) is 54.4 Å². The summed E-state index contributed by atoms with van der Waals surface area (Å²) < 4.78 is 5.76. The van der Waals surface area contributed by atoms with Crippen molar-refractivity contribution in [2.75, 3.05) is 33.8 Å². The highest BCUT2D eigenvalue weighted by molar-refractivity contribution is 6.46. The van der Waals surface area contributed by atoms with Crippen LogP contribution in [0.25, 0.3) is 5.76 Å². The summed E-state index contributed by atoms with van der Waals surface area (Å²) in [4.78, 5) is 33.5. The van der Waals surface area contributed by atoms with Crippen molar-refractivity contribution in [3.8, 4) is 5.75 Å². The lowest BCUT2D eigenvalue weighted by Gasteiger charge is -2.26. The third kappa shape index (κ3) is 5.11. The molecular formula is C24H29N3O4. The number of aliphatic hydroxyl groups is 1. The minimum Gasteiger partial charge on any atom is -0.507 e. The third-order valence-electron chi connectivity index (χ3n) is 5.14. The first-order valence-corrected chi connectivity index (χ1v) is 10.5. The summed E-state index contributed by atoms with van der Waals surface area (Å²) in [6.07, 6.45) is 4.65. The van der Waals surface area contributed by atoms with Gasteiger partial charge in [-0.1, -0.05) is 19.1 Å². The van der Waals surface area contributed by atoms with Gasteiger partial charge in [-0.25, -0.2) is 0 Å². The summed E-state index contributed by atoms with van der Waals surface area (Å²) in [5, 5.41) is 11.0. The van der Waals surface area contributed by atoms with Crippen LogP contribution in [0.2, 0.25) is 0 Å². The lowest BCUT2D eigenvalue weighted by molar-refractivity contribution is -0.139. The van der Waals surface area contributed by atoms with Crippen LogP contribution in [0.1, 0.15) is 36.9 Å². The van der Waals surface area contributed by atoms with Crippen molar-refractivity contribution in [2.45, 2.75) is 25.8 Å². The highest BCUT2D eigenvalue weighted by atomic mass is 16.5. The number of benzene rings is 1. The van der Waals surface area contributed by atoms with E-state index >= 15 is 0 Å². The average Bonchev–Trinajstić information content (AvgIpc) is 3.03. The van der Waals surface area contributed by atoms with Gasteiger partial charge in [0.25, 0.3) is 11.7 Å². The maximum Gasteiger partial charge on any atom is 0.295 e. The van der Waals surface area contributed by atoms with E-state index in [0.29, 0.717) is 30.9 Å². The van der Waals surface area contributed by atoms with Crippen molar-refractivity contribution in [1.29, 1.82) is 0 Å². The van der Waals surface area contributed by atoms with Crippen molar-refractivity contribution >= 4 is 17.4 Å². The monoisotopic (exact) mass is 423 g/mol. The van der Waals surface area contributed by atoms with Crippen LogP contribution in [-0.2, 0) is 9.59 Å². The second-order valence-corrected chi connectivity index (χ2v) is 7.81. The van der Waals surface area contributed by atoms with Crippen LogP contribution in [0.3, 0.4) is 0 Å². The highest BCUT2D eigenvalue weighted by Crippen LogP contribution is 2.40. The quantitative estimate of drug-likeness (QED) is 0.379. The van der Waals surface area contributed by atoms with Gasteiger partial charge in [0.05, 0.1) is 18.2 Å². The van der Waals surface area contributed by atoms with E-state index in [2.05, 4.69) is 4.98 Å². The zero-order valence-corrected chi connectivity index (χ0v) is 18.2. The summed E-state index contributed by atoms with van der Waals surface area (Å²) in [5.74, 6) is -0.800. The molecule has 2 heterocycles. The zero-order valence-electron chi connectivity index (χ0n) is 18.2. The van der Waals surface area contributed by atoms with Crippen LogP contribution >= 0.6 is 0 Å². The molecule has 31 heavy (non-hydrogen) atoms. The molecule has 1 atom stereocenters. The Morgan fingerprint density at radius 1 is 1.19 bits per heavy atom. The second-order valence-electron chi connectivity index (χ2n) is 7.81. The maximum absolute atomic E-state index is 13.0. The van der Waals surface area contributed by atoms with Crippen molar-refractivity contribution in [2.24, 2.45) is 0 Å². The third-order valence-corrected chi connectivity index (χ3v) is 5.14. The van der Waals surface area contributed by atoms with Crippen molar-refractivity contribution in [3.05, 3.63) is 65.5 Å². The molecule has 7 nitrogen and oxygen atoms in total. The second kappa shape index (κ2) is 10.2. The van der Waals surface area contributed by atoms with Crippen LogP contribution in [0.4, 0.5) is 0 Å². The molecule has 1 N–H and O–H groups in total. The Balaban J connectivity index is 2.06. The number of rotatable bonds is 9. The molecule has 7 heteroatoms. The molecule has 1 aromatic carbocycles. The number of nitrogens with zero attached hydrogens (tertiary/aromatic N) is 3. The number of carbonyl (C=O) groups excluding carboxylic acids is 2. The predicted molar refractivity (Wildman–Crippen MR) is 119 cm³/mol. The molecule has 1 amide bonds. The number of likely N-dealkylation sites (tertiary alicyclic amines) is 1. The van der Waals surface area contributed by atoms with E-state index in [4.69, 9.17) is 4.74 Å². The molecule has 2 aromatic rings. The van der Waals surface area contributed by atoms with Gasteiger partial charge in [-0.2, -0.15) is 0 Å². The Hall–Kier alpha value is -3.19. The largest absolute Gasteiger partial charge is 0.507 e. The van der Waals surface area contributed by atoms with Crippen LogP contribution in [0.5, 0.6) is 5.75 Å². The Bertz CT molecular complexity index is 956. The van der Waals surface area contributed by atoms with E-state index in [1.54, 1.807) is 17.0 Å². The number of pyridine rings is 1. The summed E-state index contributed by atoms with van der Waals surface area (Å²) in [7, 11) is 3.92. The first-order valence-electron chi connectivity index (χ1n) is 10.5. The Morgan fingerprint density at radius 2 is 1.94 bits per heavy atom. The van der Waals surface area contributed by atoms with E-state index < -0.39 is 17.7 Å². The van der Waals surface area contributed by atoms with Gasteiger partial charge in [-0.3, -0.25) is 14.6 Å². The first kappa shape index (κ1) is 22.5. The fourth-order valence-electron chi connectivity index (χ4n) is 3.67. The molecule has 0 radical (unpaired) electrons. The van der Waals surface area contributed by atoms with Crippen LogP contribution in [-0.4, -0.2) is 65.4 Å². The highest BCUT2D eigenvalue weighted by Gasteiger charge is 2.45. The molecule has 0 unspecified atom stereocenters. The summed E-state index contributed by atoms with van der Waals surface area (Å²) in [6.45, 7) is 3.78. The molecule has 0 saturated carbocycles.